The number of nitrogens with one attached hydrogen (secondary N) is 1. The summed E-state index contributed by atoms with van der Waals surface area (Å²) in [6, 6.07) is 2.20. The molecule has 1 aliphatic rings. The summed E-state index contributed by atoms with van der Waals surface area (Å²) < 4.78 is 1.86. The van der Waals surface area contributed by atoms with Crippen LogP contribution in [0.25, 0.3) is 27.8 Å². The van der Waals surface area contributed by atoms with Crippen molar-refractivity contribution in [3.05, 3.63) is 41.5 Å². The number of hydrogen-bond acceptors (Lipinski definition) is 5. The normalized spacial score (nSPS) is 15.7. The van der Waals surface area contributed by atoms with Gasteiger partial charge in [-0.15, -0.1) is 0 Å². The first-order valence-electron chi connectivity index (χ1n) is 12.9. The predicted molar refractivity (Wildman–Crippen MR) is 142 cm³/mol. The Morgan fingerprint density at radius 3 is 2.60 bits per heavy atom. The number of aromatic nitrogens is 5. The molecule has 0 saturated carbocycles. The Hall–Kier alpha value is -2.93. The Morgan fingerprint density at radius 2 is 1.91 bits per heavy atom. The van der Waals surface area contributed by atoms with Gasteiger partial charge in [-0.25, -0.2) is 14.5 Å². The van der Waals surface area contributed by atoms with Crippen molar-refractivity contribution in [1.29, 1.82) is 0 Å². The molecule has 2 N–H and O–H groups in total. The molecule has 7 heteroatoms. The van der Waals surface area contributed by atoms with Crippen LogP contribution in [0.1, 0.15) is 76.0 Å². The van der Waals surface area contributed by atoms with Crippen molar-refractivity contribution < 1.29 is 5.11 Å². The Balaban J connectivity index is 1.49. The summed E-state index contributed by atoms with van der Waals surface area (Å²) in [5.41, 5.74) is 7.36. The molecule has 1 saturated heterocycles. The highest BCUT2D eigenvalue weighted by Gasteiger charge is 2.26. The number of aliphatic hydroxyl groups is 1. The molecule has 1 fully saturated rings. The highest BCUT2D eigenvalue weighted by Crippen LogP contribution is 2.40. The highest BCUT2D eigenvalue weighted by molar-refractivity contribution is 5.95. The van der Waals surface area contributed by atoms with Gasteiger partial charge >= 0.3 is 0 Å². The molecule has 0 unspecified atom stereocenters. The van der Waals surface area contributed by atoms with Gasteiger partial charge in [-0.05, 0) is 82.4 Å². The molecule has 0 aromatic carbocycles. The maximum Gasteiger partial charge on any atom is 0.158 e. The minimum Gasteiger partial charge on any atom is -0.390 e. The van der Waals surface area contributed by atoms with Gasteiger partial charge in [0.2, 0.25) is 0 Å². The van der Waals surface area contributed by atoms with Gasteiger partial charge in [-0.1, -0.05) is 13.8 Å². The number of rotatable bonds is 6. The second kappa shape index (κ2) is 8.94. The zero-order chi connectivity index (χ0) is 24.9. The molecule has 5 heterocycles. The van der Waals surface area contributed by atoms with Gasteiger partial charge in [0, 0.05) is 35.8 Å². The van der Waals surface area contributed by atoms with Crippen molar-refractivity contribution in [2.24, 2.45) is 5.92 Å². The van der Waals surface area contributed by atoms with E-state index in [4.69, 9.17) is 4.98 Å². The van der Waals surface area contributed by atoms with Crippen LogP contribution >= 0.6 is 0 Å². The third-order valence-electron chi connectivity index (χ3n) is 7.60. The molecule has 1 aliphatic heterocycles. The molecule has 4 aromatic rings. The lowest BCUT2D eigenvalue weighted by molar-refractivity contribution is 0.0621. The average Bonchev–Trinajstić information content (AvgIpc) is 3.43. The molecule has 0 atom stereocenters. The summed E-state index contributed by atoms with van der Waals surface area (Å²) in [5, 5.41) is 15.8. The van der Waals surface area contributed by atoms with Gasteiger partial charge < -0.3 is 15.0 Å². The van der Waals surface area contributed by atoms with Crippen LogP contribution < -0.4 is 4.90 Å². The molecule has 4 aromatic heterocycles. The standard InChI is InChI=1S/C28H38N6O/c1-17(2)23-24-19(4)27(33-11-8-20(9-12-33)7-10-28(5,6)35)29-14-22(24)32-25(23)21-13-18(3)26-30-16-31-34(26)15-21/h13-17,20,32,35H,7-12H2,1-6H3. The molecule has 0 radical (unpaired) electrons. The third-order valence-corrected chi connectivity index (χ3v) is 7.60. The number of anilines is 1. The van der Waals surface area contributed by atoms with Crippen LogP contribution in [0.3, 0.4) is 0 Å². The van der Waals surface area contributed by atoms with E-state index in [1.807, 2.05) is 24.6 Å². The molecule has 7 nitrogen and oxygen atoms in total. The number of pyridine rings is 2. The zero-order valence-electron chi connectivity index (χ0n) is 21.9. The second-order valence-electron chi connectivity index (χ2n) is 11.3. The lowest BCUT2D eigenvalue weighted by Gasteiger charge is -2.34. The topological polar surface area (TPSA) is 82.3 Å². The smallest absolute Gasteiger partial charge is 0.158 e. The monoisotopic (exact) mass is 474 g/mol. The van der Waals surface area contributed by atoms with Crippen molar-refractivity contribution in [3.8, 4) is 11.3 Å². The average molecular weight is 475 g/mol. The van der Waals surface area contributed by atoms with E-state index in [9.17, 15) is 5.11 Å². The minimum absolute atomic E-state index is 0.354. The van der Waals surface area contributed by atoms with Crippen LogP contribution in [-0.4, -0.2) is 48.4 Å². The van der Waals surface area contributed by atoms with Gasteiger partial charge in [0.15, 0.2) is 5.65 Å². The van der Waals surface area contributed by atoms with E-state index in [1.54, 1.807) is 6.33 Å². The Bertz CT molecular complexity index is 1350. The van der Waals surface area contributed by atoms with E-state index < -0.39 is 5.60 Å². The Kier molecular flexibility index (Phi) is 6.08. The number of fused-ring (bicyclic) bond motifs is 2. The lowest BCUT2D eigenvalue weighted by atomic mass is 9.88. The first kappa shape index (κ1) is 23.8. The maximum absolute atomic E-state index is 10.1. The molecule has 5 rings (SSSR count). The Morgan fingerprint density at radius 1 is 1.17 bits per heavy atom. The number of piperidine rings is 1. The van der Waals surface area contributed by atoms with Crippen LogP contribution in [0.15, 0.2) is 24.8 Å². The fraction of sp³-hybridized carbons (Fsp3) is 0.536. The predicted octanol–water partition coefficient (Wildman–Crippen LogP) is 5.78. The molecule has 0 aliphatic carbocycles. The lowest BCUT2D eigenvalue weighted by Crippen LogP contribution is -2.35. The van der Waals surface area contributed by atoms with E-state index in [0.717, 1.165) is 72.6 Å². The molecule has 0 bridgehead atoms. The first-order valence-corrected chi connectivity index (χ1v) is 12.9. The van der Waals surface area contributed by atoms with E-state index >= 15 is 0 Å². The quantitative estimate of drug-likeness (QED) is 0.370. The number of aromatic amines is 1. The van der Waals surface area contributed by atoms with Gasteiger partial charge in [0.05, 0.1) is 23.0 Å². The number of H-pyrrole nitrogens is 1. The van der Waals surface area contributed by atoms with Crippen molar-refractivity contribution in [2.45, 2.75) is 78.7 Å². The fourth-order valence-corrected chi connectivity index (χ4v) is 5.71. The summed E-state index contributed by atoms with van der Waals surface area (Å²) in [6.07, 6.45) is 9.95. The summed E-state index contributed by atoms with van der Waals surface area (Å²) in [4.78, 5) is 15.5. The highest BCUT2D eigenvalue weighted by atomic mass is 16.3. The van der Waals surface area contributed by atoms with Crippen LogP contribution in [0, 0.1) is 19.8 Å². The van der Waals surface area contributed by atoms with Crippen molar-refractivity contribution >= 4 is 22.4 Å². The van der Waals surface area contributed by atoms with Gasteiger partial charge in [-0.3, -0.25) is 0 Å². The maximum atomic E-state index is 10.1. The third kappa shape index (κ3) is 4.54. The first-order chi connectivity index (χ1) is 16.6. The summed E-state index contributed by atoms with van der Waals surface area (Å²) in [6.45, 7) is 14.7. The summed E-state index contributed by atoms with van der Waals surface area (Å²) in [5.74, 6) is 2.14. The van der Waals surface area contributed by atoms with E-state index in [-0.39, 0.29) is 0 Å². The molecule has 0 spiro atoms. The largest absolute Gasteiger partial charge is 0.390 e. The Labute approximate surface area is 207 Å². The minimum atomic E-state index is -0.573. The number of hydrogen-bond donors (Lipinski definition) is 2. The van der Waals surface area contributed by atoms with E-state index in [2.05, 4.69) is 59.9 Å². The van der Waals surface area contributed by atoms with Gasteiger partial charge in [0.1, 0.15) is 12.1 Å². The number of nitrogens with zero attached hydrogens (tertiary/aromatic N) is 5. The van der Waals surface area contributed by atoms with Crippen molar-refractivity contribution in [3.63, 3.8) is 0 Å². The second-order valence-corrected chi connectivity index (χ2v) is 11.3. The van der Waals surface area contributed by atoms with E-state index in [0.29, 0.717) is 11.8 Å². The zero-order valence-corrected chi connectivity index (χ0v) is 21.9. The van der Waals surface area contributed by atoms with Crippen molar-refractivity contribution in [1.82, 2.24) is 24.6 Å². The SMILES string of the molecule is Cc1c(N2CCC(CCC(C)(C)O)CC2)ncc2[nH]c(-c3cc(C)c4ncnn4c3)c(C(C)C)c12. The molecular formula is C28H38N6O. The van der Waals surface area contributed by atoms with Gasteiger partial charge in [-0.2, -0.15) is 5.10 Å². The van der Waals surface area contributed by atoms with Crippen molar-refractivity contribution in [2.75, 3.05) is 18.0 Å². The van der Waals surface area contributed by atoms with Crippen LogP contribution in [0.4, 0.5) is 5.82 Å². The fourth-order valence-electron chi connectivity index (χ4n) is 5.71. The van der Waals surface area contributed by atoms with Gasteiger partial charge in [0.25, 0.3) is 0 Å². The summed E-state index contributed by atoms with van der Waals surface area (Å²) in [7, 11) is 0. The molecule has 186 valence electrons. The molecule has 0 amide bonds. The number of aryl methyl sites for hydroxylation is 2. The van der Waals surface area contributed by atoms with Crippen LogP contribution in [-0.2, 0) is 0 Å². The van der Waals surface area contributed by atoms with E-state index in [1.165, 1.54) is 16.5 Å². The molecular weight excluding hydrogens is 436 g/mol. The van der Waals surface area contributed by atoms with Crippen LogP contribution in [0.2, 0.25) is 0 Å². The van der Waals surface area contributed by atoms with Crippen LogP contribution in [0.5, 0.6) is 0 Å². The summed E-state index contributed by atoms with van der Waals surface area (Å²) >= 11 is 0. The molecule has 35 heavy (non-hydrogen) atoms.